The van der Waals surface area contributed by atoms with Gasteiger partial charge in [0.05, 0.1) is 0 Å². The highest BCUT2D eigenvalue weighted by molar-refractivity contribution is 9.09. The van der Waals surface area contributed by atoms with Gasteiger partial charge in [0.1, 0.15) is 0 Å². The van der Waals surface area contributed by atoms with Crippen LogP contribution in [0, 0.1) is 5.41 Å². The molecule has 0 radical (unpaired) electrons. The van der Waals surface area contributed by atoms with Crippen LogP contribution in [-0.2, 0) is 6.54 Å². The minimum absolute atomic E-state index is 0.0926. The summed E-state index contributed by atoms with van der Waals surface area (Å²) < 4.78 is 2.16. The van der Waals surface area contributed by atoms with Crippen LogP contribution >= 0.6 is 15.9 Å². The Morgan fingerprint density at radius 2 is 1.71 bits per heavy atom. The zero-order valence-corrected chi connectivity index (χ0v) is 11.8. The van der Waals surface area contributed by atoms with Crippen LogP contribution in [0.2, 0.25) is 0 Å². The number of halogens is 1. The minimum atomic E-state index is 0.0926. The maximum absolute atomic E-state index is 11.1. The van der Waals surface area contributed by atoms with Crippen molar-refractivity contribution in [3.05, 3.63) is 34.7 Å². The predicted octanol–water partition coefficient (Wildman–Crippen LogP) is 3.58. The van der Waals surface area contributed by atoms with Crippen molar-refractivity contribution in [2.75, 3.05) is 5.33 Å². The number of pyridine rings is 1. The molecule has 1 fully saturated rings. The fraction of sp³-hybridized carbons (Fsp3) is 0.643. The second-order valence-corrected chi connectivity index (χ2v) is 5.81. The summed E-state index contributed by atoms with van der Waals surface area (Å²) in [4.78, 5) is 11.1. The number of hydrogen-bond donors (Lipinski definition) is 0. The van der Waals surface area contributed by atoms with Gasteiger partial charge in [-0.2, -0.15) is 0 Å². The van der Waals surface area contributed by atoms with Gasteiger partial charge in [-0.05, 0) is 18.3 Å². The van der Waals surface area contributed by atoms with Crippen LogP contribution < -0.4 is 5.43 Å². The highest BCUT2D eigenvalue weighted by Crippen LogP contribution is 2.38. The van der Waals surface area contributed by atoms with Gasteiger partial charge in [-0.25, -0.2) is 0 Å². The van der Waals surface area contributed by atoms with Gasteiger partial charge in [0, 0.05) is 36.4 Å². The lowest BCUT2D eigenvalue weighted by atomic mass is 9.82. The third kappa shape index (κ3) is 3.44. The predicted molar refractivity (Wildman–Crippen MR) is 74.6 cm³/mol. The zero-order chi connectivity index (χ0) is 12.1. The van der Waals surface area contributed by atoms with Crippen LogP contribution in [0.25, 0.3) is 0 Å². The Balaban J connectivity index is 2.12. The van der Waals surface area contributed by atoms with Crippen LogP contribution in [0.15, 0.2) is 29.3 Å². The molecule has 0 atom stereocenters. The molecule has 0 saturated heterocycles. The molecule has 3 heteroatoms. The lowest BCUT2D eigenvalue weighted by Crippen LogP contribution is -2.28. The molecule has 1 saturated carbocycles. The van der Waals surface area contributed by atoms with Gasteiger partial charge in [0.25, 0.3) is 0 Å². The fourth-order valence-electron chi connectivity index (χ4n) is 2.75. The molecule has 0 unspecified atom stereocenters. The molecule has 0 aliphatic heterocycles. The lowest BCUT2D eigenvalue weighted by molar-refractivity contribution is 0.242. The third-order valence-electron chi connectivity index (χ3n) is 3.83. The van der Waals surface area contributed by atoms with Crippen molar-refractivity contribution in [1.29, 1.82) is 0 Å². The van der Waals surface area contributed by atoms with Crippen LogP contribution in [0.1, 0.15) is 38.5 Å². The van der Waals surface area contributed by atoms with E-state index in [4.69, 9.17) is 0 Å². The molecule has 1 aliphatic rings. The molecule has 1 heterocycles. The molecule has 0 amide bonds. The van der Waals surface area contributed by atoms with E-state index < -0.39 is 0 Å². The summed E-state index contributed by atoms with van der Waals surface area (Å²) in [5.41, 5.74) is 0.473. The molecule has 94 valence electrons. The van der Waals surface area contributed by atoms with Gasteiger partial charge in [-0.1, -0.05) is 41.6 Å². The van der Waals surface area contributed by atoms with E-state index >= 15 is 0 Å². The summed E-state index contributed by atoms with van der Waals surface area (Å²) in [5, 5.41) is 1.06. The van der Waals surface area contributed by atoms with Crippen molar-refractivity contribution in [3.63, 3.8) is 0 Å². The number of rotatable bonds is 3. The first-order chi connectivity index (χ1) is 8.24. The van der Waals surface area contributed by atoms with E-state index in [1.54, 1.807) is 12.1 Å². The number of alkyl halides is 1. The Kier molecular flexibility index (Phi) is 4.43. The first-order valence-electron chi connectivity index (χ1n) is 6.46. The molecule has 1 aromatic rings. The summed E-state index contributed by atoms with van der Waals surface area (Å²) in [7, 11) is 0. The maximum atomic E-state index is 11.1. The summed E-state index contributed by atoms with van der Waals surface area (Å²) in [5.74, 6) is 0. The van der Waals surface area contributed by atoms with Crippen LogP contribution in [0.4, 0.5) is 0 Å². The molecule has 0 aromatic carbocycles. The van der Waals surface area contributed by atoms with E-state index in [1.165, 1.54) is 38.5 Å². The fourth-order valence-corrected chi connectivity index (χ4v) is 3.49. The molecule has 1 aromatic heterocycles. The van der Waals surface area contributed by atoms with E-state index in [2.05, 4.69) is 20.5 Å². The highest BCUT2D eigenvalue weighted by atomic mass is 79.9. The molecular weight excluding hydrogens is 278 g/mol. The third-order valence-corrected chi connectivity index (χ3v) is 5.02. The van der Waals surface area contributed by atoms with Crippen molar-refractivity contribution in [3.8, 4) is 0 Å². The van der Waals surface area contributed by atoms with Gasteiger partial charge in [0.2, 0.25) is 0 Å². The number of aromatic nitrogens is 1. The Bertz CT molecular complexity index is 384. The van der Waals surface area contributed by atoms with E-state index in [9.17, 15) is 4.79 Å². The summed E-state index contributed by atoms with van der Waals surface area (Å²) in [6.45, 7) is 1.03. The average molecular weight is 298 g/mol. The second kappa shape index (κ2) is 5.85. The van der Waals surface area contributed by atoms with Gasteiger partial charge in [-0.3, -0.25) is 4.79 Å². The SMILES string of the molecule is O=c1ccn(CC2(CBr)CCCCCC2)cc1. The smallest absolute Gasteiger partial charge is 0.181 e. The maximum Gasteiger partial charge on any atom is 0.181 e. The Morgan fingerprint density at radius 1 is 1.12 bits per heavy atom. The van der Waals surface area contributed by atoms with E-state index in [-0.39, 0.29) is 5.43 Å². The van der Waals surface area contributed by atoms with Crippen molar-refractivity contribution in [1.82, 2.24) is 4.57 Å². The Hall–Kier alpha value is -0.570. The largest absolute Gasteiger partial charge is 0.353 e. The van der Waals surface area contributed by atoms with Crippen LogP contribution in [0.3, 0.4) is 0 Å². The second-order valence-electron chi connectivity index (χ2n) is 5.25. The van der Waals surface area contributed by atoms with Gasteiger partial charge < -0.3 is 4.57 Å². The normalized spacial score (nSPS) is 19.8. The van der Waals surface area contributed by atoms with Crippen molar-refractivity contribution < 1.29 is 0 Å². The van der Waals surface area contributed by atoms with Gasteiger partial charge >= 0.3 is 0 Å². The summed E-state index contributed by atoms with van der Waals surface area (Å²) in [6.07, 6.45) is 11.8. The number of hydrogen-bond acceptors (Lipinski definition) is 1. The topological polar surface area (TPSA) is 22.0 Å². The van der Waals surface area contributed by atoms with Gasteiger partial charge in [-0.15, -0.1) is 0 Å². The highest BCUT2D eigenvalue weighted by Gasteiger charge is 2.29. The van der Waals surface area contributed by atoms with Crippen molar-refractivity contribution in [2.45, 2.75) is 45.1 Å². The van der Waals surface area contributed by atoms with E-state index in [0.29, 0.717) is 5.41 Å². The summed E-state index contributed by atoms with van der Waals surface area (Å²) >= 11 is 3.70. The van der Waals surface area contributed by atoms with Crippen LogP contribution in [0.5, 0.6) is 0 Å². The molecule has 0 spiro atoms. The van der Waals surface area contributed by atoms with E-state index in [1.807, 2.05) is 12.4 Å². The molecule has 17 heavy (non-hydrogen) atoms. The van der Waals surface area contributed by atoms with Gasteiger partial charge in [0.15, 0.2) is 5.43 Å². The lowest BCUT2D eigenvalue weighted by Gasteiger charge is -2.31. The quantitative estimate of drug-likeness (QED) is 0.617. The minimum Gasteiger partial charge on any atom is -0.353 e. The Labute approximate surface area is 111 Å². The van der Waals surface area contributed by atoms with Crippen molar-refractivity contribution in [2.24, 2.45) is 5.41 Å². The Morgan fingerprint density at radius 3 is 2.24 bits per heavy atom. The molecule has 0 bridgehead atoms. The summed E-state index contributed by atoms with van der Waals surface area (Å²) in [6, 6.07) is 3.30. The first-order valence-corrected chi connectivity index (χ1v) is 7.58. The molecule has 2 nitrogen and oxygen atoms in total. The standard InChI is InChI=1S/C14H20BrNO/c15-11-14(7-3-1-2-4-8-14)12-16-9-5-13(17)6-10-16/h5-6,9-10H,1-4,7-8,11-12H2. The van der Waals surface area contributed by atoms with Crippen molar-refractivity contribution >= 4 is 15.9 Å². The number of nitrogens with zero attached hydrogens (tertiary/aromatic N) is 1. The monoisotopic (exact) mass is 297 g/mol. The zero-order valence-electron chi connectivity index (χ0n) is 10.2. The molecule has 1 aliphatic carbocycles. The van der Waals surface area contributed by atoms with Crippen LogP contribution in [-0.4, -0.2) is 9.90 Å². The molecular formula is C14H20BrNO. The molecule has 0 N–H and O–H groups in total. The average Bonchev–Trinajstić information content (AvgIpc) is 2.58. The first kappa shape index (κ1) is 12.9. The van der Waals surface area contributed by atoms with E-state index in [0.717, 1.165) is 11.9 Å². The molecule has 2 rings (SSSR count).